The number of rotatable bonds is 7. The van der Waals surface area contributed by atoms with Gasteiger partial charge in [-0.25, -0.2) is 13.1 Å². The number of halogens is 2. The van der Waals surface area contributed by atoms with Crippen LogP contribution >= 0.6 is 23.2 Å². The fourth-order valence-electron chi connectivity index (χ4n) is 1.59. The van der Waals surface area contributed by atoms with E-state index in [0.29, 0.717) is 6.61 Å². The minimum atomic E-state index is -3.75. The number of hydrogen-bond acceptors (Lipinski definition) is 4. The molecule has 3 N–H and O–H groups in total. The van der Waals surface area contributed by atoms with Gasteiger partial charge in [0.15, 0.2) is 0 Å². The van der Waals surface area contributed by atoms with Crippen molar-refractivity contribution in [3.8, 4) is 0 Å². The van der Waals surface area contributed by atoms with Crippen LogP contribution in [0.3, 0.4) is 0 Å². The lowest BCUT2D eigenvalue weighted by Crippen LogP contribution is -2.34. The van der Waals surface area contributed by atoms with Gasteiger partial charge < -0.3 is 10.5 Å². The van der Waals surface area contributed by atoms with Crippen LogP contribution in [0.5, 0.6) is 0 Å². The number of sulfonamides is 1. The molecule has 0 bridgehead atoms. The largest absolute Gasteiger partial charge is 0.396 e. The van der Waals surface area contributed by atoms with Crippen LogP contribution in [-0.4, -0.2) is 28.7 Å². The van der Waals surface area contributed by atoms with Gasteiger partial charge in [-0.3, -0.25) is 0 Å². The standard InChI is InChI=1S/C13H20Cl2N2O3S/c1-13(2,6-7-20-3)8-17-21(18,19)10-5-4-9(14)12(16)11(10)15/h4-5,17H,6-8,16H2,1-3H3. The number of ether oxygens (including phenoxy) is 1. The molecule has 0 aliphatic rings. The van der Waals surface area contributed by atoms with E-state index in [-0.39, 0.29) is 32.6 Å². The zero-order chi connectivity index (χ0) is 16.3. The first kappa shape index (κ1) is 18.5. The van der Waals surface area contributed by atoms with Crippen molar-refractivity contribution in [1.82, 2.24) is 4.72 Å². The molecule has 0 heterocycles. The molecule has 0 aromatic heterocycles. The minimum Gasteiger partial charge on any atom is -0.396 e. The summed E-state index contributed by atoms with van der Waals surface area (Å²) in [4.78, 5) is -0.0754. The number of benzene rings is 1. The topological polar surface area (TPSA) is 81.4 Å². The molecule has 1 aromatic carbocycles. The SMILES string of the molecule is COCCC(C)(C)CNS(=O)(=O)c1ccc(Cl)c(N)c1Cl. The molecule has 0 unspecified atom stereocenters. The molecule has 0 fully saturated rings. The second kappa shape index (κ2) is 7.15. The summed E-state index contributed by atoms with van der Waals surface area (Å²) in [5, 5.41) is 0.157. The van der Waals surface area contributed by atoms with Crippen LogP contribution in [0.4, 0.5) is 5.69 Å². The predicted octanol–water partition coefficient (Wildman–Crippen LogP) is 2.92. The van der Waals surface area contributed by atoms with Gasteiger partial charge in [-0.2, -0.15) is 0 Å². The van der Waals surface area contributed by atoms with Crippen LogP contribution < -0.4 is 10.5 Å². The molecule has 0 aliphatic heterocycles. The first-order valence-electron chi connectivity index (χ1n) is 6.33. The van der Waals surface area contributed by atoms with E-state index in [4.69, 9.17) is 33.7 Å². The van der Waals surface area contributed by atoms with Crippen molar-refractivity contribution in [1.29, 1.82) is 0 Å². The van der Waals surface area contributed by atoms with Gasteiger partial charge in [0.1, 0.15) is 4.90 Å². The van der Waals surface area contributed by atoms with Crippen LogP contribution in [0.15, 0.2) is 17.0 Å². The van der Waals surface area contributed by atoms with Crippen molar-refractivity contribution in [2.75, 3.05) is 26.0 Å². The van der Waals surface area contributed by atoms with Crippen molar-refractivity contribution < 1.29 is 13.2 Å². The Morgan fingerprint density at radius 1 is 1.33 bits per heavy atom. The maximum Gasteiger partial charge on any atom is 0.242 e. The summed E-state index contributed by atoms with van der Waals surface area (Å²) < 4.78 is 32.2. The van der Waals surface area contributed by atoms with E-state index in [1.807, 2.05) is 13.8 Å². The van der Waals surface area contributed by atoms with Crippen molar-refractivity contribution in [2.24, 2.45) is 5.41 Å². The van der Waals surface area contributed by atoms with E-state index >= 15 is 0 Å². The molecular weight excluding hydrogens is 335 g/mol. The molecule has 1 rings (SSSR count). The third-order valence-electron chi connectivity index (χ3n) is 3.10. The highest BCUT2D eigenvalue weighted by Gasteiger charge is 2.25. The Morgan fingerprint density at radius 2 is 1.95 bits per heavy atom. The van der Waals surface area contributed by atoms with E-state index in [2.05, 4.69) is 4.72 Å². The van der Waals surface area contributed by atoms with E-state index in [9.17, 15) is 8.42 Å². The van der Waals surface area contributed by atoms with Crippen LogP contribution in [0.2, 0.25) is 10.0 Å². The molecule has 120 valence electrons. The first-order chi connectivity index (χ1) is 9.60. The highest BCUT2D eigenvalue weighted by atomic mass is 35.5. The monoisotopic (exact) mass is 354 g/mol. The molecule has 0 radical (unpaired) electrons. The molecule has 5 nitrogen and oxygen atoms in total. The van der Waals surface area contributed by atoms with E-state index in [0.717, 1.165) is 6.42 Å². The van der Waals surface area contributed by atoms with Crippen molar-refractivity contribution in [2.45, 2.75) is 25.2 Å². The number of anilines is 1. The fraction of sp³-hybridized carbons (Fsp3) is 0.538. The molecule has 8 heteroatoms. The molecule has 1 aromatic rings. The average molecular weight is 355 g/mol. The maximum absolute atomic E-state index is 12.3. The first-order valence-corrected chi connectivity index (χ1v) is 8.57. The van der Waals surface area contributed by atoms with Crippen LogP contribution in [-0.2, 0) is 14.8 Å². The molecule has 0 aliphatic carbocycles. The van der Waals surface area contributed by atoms with Gasteiger partial charge in [-0.15, -0.1) is 0 Å². The van der Waals surface area contributed by atoms with Crippen molar-refractivity contribution >= 4 is 38.9 Å². The Morgan fingerprint density at radius 3 is 2.52 bits per heavy atom. The van der Waals surface area contributed by atoms with Gasteiger partial charge in [0.05, 0.1) is 15.7 Å². The van der Waals surface area contributed by atoms with Gasteiger partial charge in [-0.05, 0) is 24.0 Å². The molecule has 0 spiro atoms. The molecule has 21 heavy (non-hydrogen) atoms. The summed E-state index contributed by atoms with van der Waals surface area (Å²) in [6, 6.07) is 2.75. The highest BCUT2D eigenvalue weighted by molar-refractivity contribution is 7.89. The quantitative estimate of drug-likeness (QED) is 0.737. The fourth-order valence-corrected chi connectivity index (χ4v) is 3.60. The van der Waals surface area contributed by atoms with Crippen molar-refractivity contribution in [3.63, 3.8) is 0 Å². The molecule has 0 amide bonds. The van der Waals surface area contributed by atoms with Crippen LogP contribution in [0.1, 0.15) is 20.3 Å². The van der Waals surface area contributed by atoms with E-state index in [1.165, 1.54) is 12.1 Å². The predicted molar refractivity (Wildman–Crippen MR) is 86.3 cm³/mol. The summed E-state index contributed by atoms with van der Waals surface area (Å²) in [6.45, 7) is 4.72. The van der Waals surface area contributed by atoms with E-state index in [1.54, 1.807) is 7.11 Å². The van der Waals surface area contributed by atoms with Gasteiger partial charge in [0, 0.05) is 20.3 Å². The van der Waals surface area contributed by atoms with Crippen molar-refractivity contribution in [3.05, 3.63) is 22.2 Å². The lowest BCUT2D eigenvalue weighted by Gasteiger charge is -2.24. The lowest BCUT2D eigenvalue weighted by atomic mass is 9.90. The zero-order valence-electron chi connectivity index (χ0n) is 12.2. The summed E-state index contributed by atoms with van der Waals surface area (Å²) in [6.07, 6.45) is 0.725. The minimum absolute atomic E-state index is 0.0554. The molecule has 0 atom stereocenters. The number of nitrogens with two attached hydrogens (primary N) is 1. The molecule has 0 saturated heterocycles. The third kappa shape index (κ3) is 5.00. The normalized spacial score (nSPS) is 12.6. The summed E-state index contributed by atoms with van der Waals surface area (Å²) in [7, 11) is -2.14. The van der Waals surface area contributed by atoms with E-state index < -0.39 is 10.0 Å². The lowest BCUT2D eigenvalue weighted by molar-refractivity contribution is 0.153. The highest BCUT2D eigenvalue weighted by Crippen LogP contribution is 2.33. The van der Waals surface area contributed by atoms with Crippen LogP contribution in [0.25, 0.3) is 0 Å². The summed E-state index contributed by atoms with van der Waals surface area (Å²) in [5.41, 5.74) is 5.47. The number of nitrogen functional groups attached to an aromatic ring is 1. The number of hydrogen-bond donors (Lipinski definition) is 2. The van der Waals surface area contributed by atoms with Gasteiger partial charge in [0.25, 0.3) is 0 Å². The number of nitrogens with one attached hydrogen (secondary N) is 1. The van der Waals surface area contributed by atoms with Gasteiger partial charge >= 0.3 is 0 Å². The maximum atomic E-state index is 12.3. The number of methoxy groups -OCH3 is 1. The Balaban J connectivity index is 2.91. The zero-order valence-corrected chi connectivity index (χ0v) is 14.6. The van der Waals surface area contributed by atoms with Gasteiger partial charge in [-0.1, -0.05) is 37.0 Å². The summed E-state index contributed by atoms with van der Waals surface area (Å²) in [5.74, 6) is 0. The average Bonchev–Trinajstić information content (AvgIpc) is 2.40. The van der Waals surface area contributed by atoms with Crippen LogP contribution in [0, 0.1) is 5.41 Å². The Kier molecular flexibility index (Phi) is 6.31. The Hall–Kier alpha value is -0.530. The Labute approximate surface area is 135 Å². The smallest absolute Gasteiger partial charge is 0.242 e. The Bertz CT molecular complexity index is 604. The third-order valence-corrected chi connectivity index (χ3v) is 5.40. The van der Waals surface area contributed by atoms with Gasteiger partial charge in [0.2, 0.25) is 10.0 Å². The second-order valence-electron chi connectivity index (χ2n) is 5.50. The summed E-state index contributed by atoms with van der Waals surface area (Å²) >= 11 is 11.8. The molecular formula is C13H20Cl2N2O3S. The molecule has 0 saturated carbocycles. The second-order valence-corrected chi connectivity index (χ2v) is 8.03.